The van der Waals surface area contributed by atoms with Crippen LogP contribution in [0.2, 0.25) is 0 Å². The molecule has 0 aromatic heterocycles. The van der Waals surface area contributed by atoms with E-state index in [1.807, 2.05) is 0 Å². The predicted octanol–water partition coefficient (Wildman–Crippen LogP) is 2.25. The summed E-state index contributed by atoms with van der Waals surface area (Å²) in [5.41, 5.74) is 0.814. The maximum absolute atomic E-state index is 10.5. The number of halogens is 1. The van der Waals surface area contributed by atoms with Crippen LogP contribution in [0.15, 0.2) is 24.3 Å². The van der Waals surface area contributed by atoms with Gasteiger partial charge in [0.1, 0.15) is 0 Å². The first-order chi connectivity index (χ1) is 7.70. The number of hydrogen-bond acceptors (Lipinski definition) is 4. The van der Waals surface area contributed by atoms with Crippen LogP contribution in [0.5, 0.6) is 0 Å². The summed E-state index contributed by atoms with van der Waals surface area (Å²) >= 11 is 5.63. The predicted molar refractivity (Wildman–Crippen MR) is 57.4 cm³/mol. The van der Waals surface area contributed by atoms with Crippen molar-refractivity contribution in [1.82, 2.24) is 0 Å². The minimum absolute atomic E-state index is 0.0515. The number of non-ortho nitro benzene ring substituents is 1. The maximum Gasteiger partial charge on any atom is 0.269 e. The van der Waals surface area contributed by atoms with Crippen LogP contribution in [0.25, 0.3) is 0 Å². The molecule has 16 heavy (non-hydrogen) atoms. The number of hydrogen-bond donors (Lipinski definition) is 0. The Morgan fingerprint density at radius 3 is 2.62 bits per heavy atom. The third kappa shape index (κ3) is 2.32. The van der Waals surface area contributed by atoms with Gasteiger partial charge < -0.3 is 9.47 Å². The summed E-state index contributed by atoms with van der Waals surface area (Å²) in [4.78, 5) is 10.0. The van der Waals surface area contributed by atoms with Crippen LogP contribution < -0.4 is 0 Å². The van der Waals surface area contributed by atoms with Gasteiger partial charge in [-0.05, 0) is 12.1 Å². The van der Waals surface area contributed by atoms with Gasteiger partial charge in [-0.15, -0.1) is 11.6 Å². The zero-order valence-corrected chi connectivity index (χ0v) is 9.09. The summed E-state index contributed by atoms with van der Waals surface area (Å²) in [5, 5.41) is 10.5. The highest BCUT2D eigenvalue weighted by atomic mass is 35.5. The van der Waals surface area contributed by atoms with E-state index in [2.05, 4.69) is 0 Å². The molecule has 1 aromatic rings. The largest absolute Gasteiger partial charge is 0.346 e. The third-order valence-electron chi connectivity index (χ3n) is 2.30. The molecule has 0 spiro atoms. The Bertz CT molecular complexity index is 381. The van der Waals surface area contributed by atoms with Gasteiger partial charge >= 0.3 is 0 Å². The Morgan fingerprint density at radius 2 is 2.12 bits per heavy atom. The first-order valence-corrected chi connectivity index (χ1v) is 5.31. The molecule has 5 nitrogen and oxygen atoms in total. The summed E-state index contributed by atoms with van der Waals surface area (Å²) in [7, 11) is 0. The van der Waals surface area contributed by atoms with E-state index in [9.17, 15) is 10.1 Å². The van der Waals surface area contributed by atoms with Gasteiger partial charge in [0, 0.05) is 17.7 Å². The molecule has 6 heteroatoms. The lowest BCUT2D eigenvalue weighted by Crippen LogP contribution is -2.10. The van der Waals surface area contributed by atoms with Crippen LogP contribution in [0.3, 0.4) is 0 Å². The average molecular weight is 244 g/mol. The van der Waals surface area contributed by atoms with Crippen molar-refractivity contribution >= 4 is 17.3 Å². The number of alkyl halides is 1. The standard InChI is InChI=1S/C10H10ClNO4/c11-5-9-6-15-10(16-9)7-1-3-8(4-2-7)12(13)14/h1-4,9-10H,5-6H2/t9-,10+/m1/s1. The molecule has 86 valence electrons. The molecule has 0 saturated carbocycles. The van der Waals surface area contributed by atoms with E-state index in [0.717, 1.165) is 5.56 Å². The first-order valence-electron chi connectivity index (χ1n) is 4.78. The van der Waals surface area contributed by atoms with E-state index in [-0.39, 0.29) is 11.8 Å². The lowest BCUT2D eigenvalue weighted by Gasteiger charge is -2.09. The maximum atomic E-state index is 10.5. The van der Waals surface area contributed by atoms with Crippen molar-refractivity contribution in [3.8, 4) is 0 Å². The Kier molecular flexibility index (Phi) is 3.38. The zero-order chi connectivity index (χ0) is 11.5. The Morgan fingerprint density at radius 1 is 1.44 bits per heavy atom. The van der Waals surface area contributed by atoms with Crippen molar-refractivity contribution in [2.45, 2.75) is 12.4 Å². The van der Waals surface area contributed by atoms with Gasteiger partial charge in [-0.25, -0.2) is 0 Å². The van der Waals surface area contributed by atoms with Crippen molar-refractivity contribution in [3.05, 3.63) is 39.9 Å². The average Bonchev–Trinajstić information content (AvgIpc) is 2.77. The summed E-state index contributed by atoms with van der Waals surface area (Å²) in [6, 6.07) is 6.10. The molecule has 0 aliphatic carbocycles. The molecular formula is C10H10ClNO4. The minimum atomic E-state index is -0.468. The fraction of sp³-hybridized carbons (Fsp3) is 0.400. The van der Waals surface area contributed by atoms with Gasteiger partial charge in [0.05, 0.1) is 23.5 Å². The van der Waals surface area contributed by atoms with Gasteiger partial charge in [0.15, 0.2) is 6.29 Å². The molecule has 0 radical (unpaired) electrons. The highest BCUT2D eigenvalue weighted by molar-refractivity contribution is 6.18. The second-order valence-electron chi connectivity index (χ2n) is 3.43. The van der Waals surface area contributed by atoms with Crippen LogP contribution in [0, 0.1) is 10.1 Å². The van der Waals surface area contributed by atoms with E-state index < -0.39 is 11.2 Å². The van der Waals surface area contributed by atoms with E-state index in [4.69, 9.17) is 21.1 Å². The van der Waals surface area contributed by atoms with Crippen LogP contribution in [-0.2, 0) is 9.47 Å². The molecule has 1 aromatic carbocycles. The van der Waals surface area contributed by atoms with Gasteiger partial charge in [-0.1, -0.05) is 0 Å². The topological polar surface area (TPSA) is 61.6 Å². The molecule has 0 amide bonds. The molecule has 1 aliphatic rings. The number of benzene rings is 1. The third-order valence-corrected chi connectivity index (χ3v) is 2.64. The van der Waals surface area contributed by atoms with Crippen LogP contribution in [0.4, 0.5) is 5.69 Å². The summed E-state index contributed by atoms with van der Waals surface area (Å²) in [6.07, 6.45) is -0.577. The van der Waals surface area contributed by atoms with Crippen LogP contribution >= 0.6 is 11.6 Å². The Labute approximate surface area is 97.1 Å². The number of rotatable bonds is 3. The number of nitro benzene ring substituents is 1. The fourth-order valence-corrected chi connectivity index (χ4v) is 1.62. The van der Waals surface area contributed by atoms with Crippen LogP contribution in [-0.4, -0.2) is 23.5 Å². The zero-order valence-electron chi connectivity index (χ0n) is 8.34. The molecule has 0 N–H and O–H groups in total. The monoisotopic (exact) mass is 243 g/mol. The lowest BCUT2D eigenvalue weighted by molar-refractivity contribution is -0.384. The smallest absolute Gasteiger partial charge is 0.269 e. The number of ether oxygens (including phenoxy) is 2. The lowest BCUT2D eigenvalue weighted by atomic mass is 10.2. The van der Waals surface area contributed by atoms with Crippen molar-refractivity contribution in [3.63, 3.8) is 0 Å². The van der Waals surface area contributed by atoms with E-state index in [1.165, 1.54) is 12.1 Å². The van der Waals surface area contributed by atoms with Crippen molar-refractivity contribution < 1.29 is 14.4 Å². The van der Waals surface area contributed by atoms with E-state index in [0.29, 0.717) is 12.5 Å². The molecular weight excluding hydrogens is 234 g/mol. The normalized spacial score (nSPS) is 24.6. The molecule has 2 atom stereocenters. The minimum Gasteiger partial charge on any atom is -0.346 e. The van der Waals surface area contributed by atoms with Gasteiger partial charge in [0.25, 0.3) is 5.69 Å². The molecule has 2 rings (SSSR count). The Balaban J connectivity index is 2.08. The molecule has 1 aliphatic heterocycles. The SMILES string of the molecule is O=[N+]([O-])c1ccc([C@H]2OC[C@@H](CCl)O2)cc1. The summed E-state index contributed by atoms with van der Waals surface area (Å²) < 4.78 is 10.8. The van der Waals surface area contributed by atoms with Crippen LogP contribution in [0.1, 0.15) is 11.9 Å². The fourth-order valence-electron chi connectivity index (χ4n) is 1.46. The second-order valence-corrected chi connectivity index (χ2v) is 3.73. The number of nitrogens with zero attached hydrogens (tertiary/aromatic N) is 1. The molecule has 0 bridgehead atoms. The van der Waals surface area contributed by atoms with Crippen molar-refractivity contribution in [2.24, 2.45) is 0 Å². The highest BCUT2D eigenvalue weighted by Gasteiger charge is 2.26. The molecule has 1 fully saturated rings. The first kappa shape index (κ1) is 11.3. The molecule has 1 saturated heterocycles. The van der Waals surface area contributed by atoms with E-state index >= 15 is 0 Å². The van der Waals surface area contributed by atoms with Crippen molar-refractivity contribution in [1.29, 1.82) is 0 Å². The second kappa shape index (κ2) is 4.78. The Hall–Kier alpha value is -1.17. The van der Waals surface area contributed by atoms with E-state index in [1.54, 1.807) is 12.1 Å². The number of nitro groups is 1. The van der Waals surface area contributed by atoms with Crippen molar-refractivity contribution in [2.75, 3.05) is 12.5 Å². The van der Waals surface area contributed by atoms with Gasteiger partial charge in [0.2, 0.25) is 0 Å². The molecule has 0 unspecified atom stereocenters. The quantitative estimate of drug-likeness (QED) is 0.464. The summed E-state index contributed by atoms with van der Waals surface area (Å²) in [5.74, 6) is 0.378. The molecule has 1 heterocycles. The summed E-state index contributed by atoms with van der Waals surface area (Å²) in [6.45, 7) is 0.450. The van der Waals surface area contributed by atoms with Gasteiger partial charge in [-0.3, -0.25) is 10.1 Å². The highest BCUT2D eigenvalue weighted by Crippen LogP contribution is 2.28. The van der Waals surface area contributed by atoms with Gasteiger partial charge in [-0.2, -0.15) is 0 Å².